The van der Waals surface area contributed by atoms with Gasteiger partial charge in [-0.3, -0.25) is 0 Å². The molecule has 1 aromatic heterocycles. The SMILES string of the molecule is CCOC(=O)c1csc(NCc2ccc(Cl)c(Cl)c2)n1. The van der Waals surface area contributed by atoms with Gasteiger partial charge < -0.3 is 10.1 Å². The van der Waals surface area contributed by atoms with E-state index in [1.807, 2.05) is 6.07 Å². The lowest BCUT2D eigenvalue weighted by molar-refractivity contribution is 0.0520. The highest BCUT2D eigenvalue weighted by molar-refractivity contribution is 7.13. The number of thiazole rings is 1. The lowest BCUT2D eigenvalue weighted by Gasteiger charge is -2.04. The highest BCUT2D eigenvalue weighted by atomic mass is 35.5. The average molecular weight is 331 g/mol. The fraction of sp³-hybridized carbons (Fsp3) is 0.231. The Morgan fingerprint density at radius 2 is 2.20 bits per heavy atom. The first kappa shape index (κ1) is 15.1. The van der Waals surface area contributed by atoms with Crippen LogP contribution in [-0.4, -0.2) is 17.6 Å². The van der Waals surface area contributed by atoms with Crippen molar-refractivity contribution in [3.63, 3.8) is 0 Å². The van der Waals surface area contributed by atoms with Gasteiger partial charge in [-0.1, -0.05) is 29.3 Å². The Hall–Kier alpha value is -1.30. The van der Waals surface area contributed by atoms with Crippen molar-refractivity contribution in [1.29, 1.82) is 0 Å². The molecule has 0 spiro atoms. The van der Waals surface area contributed by atoms with Gasteiger partial charge in [0.05, 0.1) is 16.7 Å². The Labute approximate surface area is 130 Å². The zero-order chi connectivity index (χ0) is 14.5. The molecule has 0 atom stereocenters. The third-order valence-corrected chi connectivity index (χ3v) is 3.96. The second-order valence-electron chi connectivity index (χ2n) is 3.86. The van der Waals surface area contributed by atoms with Crippen LogP contribution in [0.5, 0.6) is 0 Å². The van der Waals surface area contributed by atoms with Crippen LogP contribution in [0.3, 0.4) is 0 Å². The van der Waals surface area contributed by atoms with Crippen molar-refractivity contribution in [1.82, 2.24) is 4.98 Å². The maximum atomic E-state index is 11.5. The van der Waals surface area contributed by atoms with E-state index in [4.69, 9.17) is 27.9 Å². The van der Waals surface area contributed by atoms with Crippen LogP contribution in [0.25, 0.3) is 0 Å². The van der Waals surface area contributed by atoms with E-state index in [-0.39, 0.29) is 0 Å². The molecule has 1 heterocycles. The minimum atomic E-state index is -0.411. The van der Waals surface area contributed by atoms with Crippen molar-refractivity contribution >= 4 is 45.6 Å². The van der Waals surface area contributed by atoms with E-state index >= 15 is 0 Å². The minimum absolute atomic E-state index is 0.313. The third kappa shape index (κ3) is 3.85. The molecule has 0 radical (unpaired) electrons. The van der Waals surface area contributed by atoms with E-state index in [2.05, 4.69) is 10.3 Å². The predicted octanol–water partition coefficient (Wildman–Crippen LogP) is 4.24. The second-order valence-corrected chi connectivity index (χ2v) is 5.53. The molecule has 0 aliphatic rings. The van der Waals surface area contributed by atoms with E-state index in [1.54, 1.807) is 24.4 Å². The second kappa shape index (κ2) is 6.92. The molecule has 0 amide bonds. The Kier molecular flexibility index (Phi) is 5.23. The third-order valence-electron chi connectivity index (χ3n) is 2.42. The number of aromatic nitrogens is 1. The number of hydrogen-bond acceptors (Lipinski definition) is 5. The molecule has 0 saturated heterocycles. The first-order valence-corrected chi connectivity index (χ1v) is 7.54. The summed E-state index contributed by atoms with van der Waals surface area (Å²) in [6.07, 6.45) is 0. The fourth-order valence-corrected chi connectivity index (χ4v) is 2.48. The van der Waals surface area contributed by atoms with E-state index in [9.17, 15) is 4.79 Å². The fourth-order valence-electron chi connectivity index (χ4n) is 1.48. The van der Waals surface area contributed by atoms with Crippen LogP contribution in [0, 0.1) is 0 Å². The van der Waals surface area contributed by atoms with Crippen LogP contribution < -0.4 is 5.32 Å². The summed E-state index contributed by atoms with van der Waals surface area (Å²) in [4.78, 5) is 15.6. The monoisotopic (exact) mass is 330 g/mol. The number of esters is 1. The van der Waals surface area contributed by atoms with Gasteiger partial charge in [0.1, 0.15) is 0 Å². The van der Waals surface area contributed by atoms with Crippen LogP contribution in [0.2, 0.25) is 10.0 Å². The van der Waals surface area contributed by atoms with Crippen LogP contribution >= 0.6 is 34.5 Å². The Balaban J connectivity index is 1.97. The number of benzene rings is 1. The summed E-state index contributed by atoms with van der Waals surface area (Å²) in [5.74, 6) is -0.411. The number of ether oxygens (including phenoxy) is 1. The molecule has 4 nitrogen and oxygen atoms in total. The highest BCUT2D eigenvalue weighted by Gasteiger charge is 2.11. The number of hydrogen-bond donors (Lipinski definition) is 1. The summed E-state index contributed by atoms with van der Waals surface area (Å²) in [6, 6.07) is 5.41. The van der Waals surface area contributed by atoms with Gasteiger partial charge in [-0.15, -0.1) is 11.3 Å². The summed E-state index contributed by atoms with van der Waals surface area (Å²) in [7, 11) is 0. The number of carbonyl (C=O) groups is 1. The molecular formula is C13H12Cl2N2O2S. The van der Waals surface area contributed by atoms with Crippen molar-refractivity contribution in [2.24, 2.45) is 0 Å². The van der Waals surface area contributed by atoms with E-state index in [0.717, 1.165) is 5.56 Å². The van der Waals surface area contributed by atoms with Gasteiger partial charge >= 0.3 is 5.97 Å². The van der Waals surface area contributed by atoms with Crippen molar-refractivity contribution < 1.29 is 9.53 Å². The van der Waals surface area contributed by atoms with Gasteiger partial charge in [0.25, 0.3) is 0 Å². The predicted molar refractivity (Wildman–Crippen MR) is 81.9 cm³/mol. The van der Waals surface area contributed by atoms with Crippen LogP contribution in [-0.2, 0) is 11.3 Å². The van der Waals surface area contributed by atoms with Crippen LogP contribution in [0.1, 0.15) is 23.0 Å². The quantitative estimate of drug-likeness (QED) is 0.833. The summed E-state index contributed by atoms with van der Waals surface area (Å²) in [5, 5.41) is 6.47. The minimum Gasteiger partial charge on any atom is -0.461 e. The number of rotatable bonds is 5. The Morgan fingerprint density at radius 3 is 2.90 bits per heavy atom. The Bertz CT molecular complexity index is 616. The summed E-state index contributed by atoms with van der Waals surface area (Å²) < 4.78 is 4.88. The summed E-state index contributed by atoms with van der Waals surface area (Å²) >= 11 is 13.1. The maximum Gasteiger partial charge on any atom is 0.357 e. The van der Waals surface area contributed by atoms with Crippen LogP contribution in [0.4, 0.5) is 5.13 Å². The lowest BCUT2D eigenvalue weighted by atomic mass is 10.2. The molecule has 0 unspecified atom stereocenters. The van der Waals surface area contributed by atoms with Crippen LogP contribution in [0.15, 0.2) is 23.6 Å². The summed E-state index contributed by atoms with van der Waals surface area (Å²) in [5.41, 5.74) is 1.29. The molecule has 0 aliphatic carbocycles. The normalized spacial score (nSPS) is 10.3. The van der Waals surface area contributed by atoms with Gasteiger partial charge in [0.15, 0.2) is 10.8 Å². The van der Waals surface area contributed by atoms with Crippen molar-refractivity contribution in [2.75, 3.05) is 11.9 Å². The lowest BCUT2D eigenvalue weighted by Crippen LogP contribution is -2.05. The molecule has 2 aromatic rings. The van der Waals surface area contributed by atoms with Crippen molar-refractivity contribution in [3.8, 4) is 0 Å². The molecule has 0 bridgehead atoms. The summed E-state index contributed by atoms with van der Waals surface area (Å²) in [6.45, 7) is 2.64. The smallest absolute Gasteiger partial charge is 0.357 e. The van der Waals surface area contributed by atoms with Crippen molar-refractivity contribution in [2.45, 2.75) is 13.5 Å². The number of nitrogens with zero attached hydrogens (tertiary/aromatic N) is 1. The first-order chi connectivity index (χ1) is 9.60. The van der Waals surface area contributed by atoms with E-state index in [1.165, 1.54) is 11.3 Å². The van der Waals surface area contributed by atoms with Gasteiger partial charge in [0.2, 0.25) is 0 Å². The molecule has 0 saturated carbocycles. The Morgan fingerprint density at radius 1 is 1.40 bits per heavy atom. The zero-order valence-electron chi connectivity index (χ0n) is 10.7. The molecular weight excluding hydrogens is 319 g/mol. The van der Waals surface area contributed by atoms with Gasteiger partial charge in [-0.25, -0.2) is 9.78 Å². The number of anilines is 1. The van der Waals surface area contributed by atoms with Gasteiger partial charge in [0, 0.05) is 11.9 Å². The molecule has 1 N–H and O–H groups in total. The maximum absolute atomic E-state index is 11.5. The number of carbonyl (C=O) groups excluding carboxylic acids is 1. The molecule has 1 aromatic carbocycles. The number of nitrogens with one attached hydrogen (secondary N) is 1. The van der Waals surface area contributed by atoms with Crippen molar-refractivity contribution in [3.05, 3.63) is 44.9 Å². The molecule has 0 fully saturated rings. The molecule has 7 heteroatoms. The highest BCUT2D eigenvalue weighted by Crippen LogP contribution is 2.23. The first-order valence-electron chi connectivity index (χ1n) is 5.90. The topological polar surface area (TPSA) is 51.2 Å². The standard InChI is InChI=1S/C13H12Cl2N2O2S/c1-2-19-12(18)11-7-20-13(17-11)16-6-8-3-4-9(14)10(15)5-8/h3-5,7H,2,6H2,1H3,(H,16,17). The average Bonchev–Trinajstić information content (AvgIpc) is 2.89. The van der Waals surface area contributed by atoms with E-state index in [0.29, 0.717) is 34.0 Å². The number of halogens is 2. The molecule has 2 rings (SSSR count). The van der Waals surface area contributed by atoms with Gasteiger partial charge in [-0.05, 0) is 24.6 Å². The zero-order valence-corrected chi connectivity index (χ0v) is 13.0. The molecule has 0 aliphatic heterocycles. The van der Waals surface area contributed by atoms with Gasteiger partial charge in [-0.2, -0.15) is 0 Å². The molecule has 106 valence electrons. The largest absolute Gasteiger partial charge is 0.461 e. The molecule has 20 heavy (non-hydrogen) atoms. The van der Waals surface area contributed by atoms with E-state index < -0.39 is 5.97 Å².